The maximum Gasteiger partial charge on any atom is 0.155 e. The van der Waals surface area contributed by atoms with Crippen molar-refractivity contribution in [1.29, 1.82) is 0 Å². The number of hydrogen-bond donors (Lipinski definition) is 0. The first-order chi connectivity index (χ1) is 6.08. The standard InChI is InChI=1S/C11H19NO/c1-8(2)10(13)11-6-4-9(5-7-11)12(11)3/h8-9H,4-7H2,1-3H3. The Balaban J connectivity index is 2.25. The van der Waals surface area contributed by atoms with Gasteiger partial charge in [0.05, 0.1) is 5.54 Å². The fourth-order valence-electron chi connectivity index (χ4n) is 3.13. The molecule has 0 amide bonds. The number of rotatable bonds is 2. The normalized spacial score (nSPS) is 38.9. The third-order valence-electron chi connectivity index (χ3n) is 3.99. The molecule has 0 aromatic rings. The average molecular weight is 181 g/mol. The van der Waals surface area contributed by atoms with Gasteiger partial charge >= 0.3 is 0 Å². The van der Waals surface area contributed by atoms with Gasteiger partial charge in [0.1, 0.15) is 0 Å². The molecule has 2 fully saturated rings. The number of likely N-dealkylation sites (N-methyl/N-ethyl adjacent to an activating group) is 1. The van der Waals surface area contributed by atoms with Crippen LogP contribution in [0.1, 0.15) is 39.5 Å². The lowest BCUT2D eigenvalue weighted by molar-refractivity contribution is -0.131. The molecule has 2 heterocycles. The molecule has 2 aliphatic rings. The van der Waals surface area contributed by atoms with Crippen molar-refractivity contribution in [3.8, 4) is 0 Å². The van der Waals surface area contributed by atoms with Crippen molar-refractivity contribution in [2.24, 2.45) is 5.92 Å². The Morgan fingerprint density at radius 3 is 2.23 bits per heavy atom. The van der Waals surface area contributed by atoms with Crippen LogP contribution < -0.4 is 0 Å². The van der Waals surface area contributed by atoms with Crippen LogP contribution in [0.3, 0.4) is 0 Å². The van der Waals surface area contributed by atoms with E-state index in [4.69, 9.17) is 0 Å². The SMILES string of the molecule is CC(C)C(=O)C12CCC(CC1)N2C. The van der Waals surface area contributed by atoms with Crippen molar-refractivity contribution < 1.29 is 4.79 Å². The highest BCUT2D eigenvalue weighted by Gasteiger charge is 2.54. The topological polar surface area (TPSA) is 20.3 Å². The van der Waals surface area contributed by atoms with Gasteiger partial charge < -0.3 is 0 Å². The summed E-state index contributed by atoms with van der Waals surface area (Å²) in [5.41, 5.74) is -0.0567. The van der Waals surface area contributed by atoms with E-state index in [2.05, 4.69) is 11.9 Å². The van der Waals surface area contributed by atoms with Crippen LogP contribution in [-0.2, 0) is 4.79 Å². The summed E-state index contributed by atoms with van der Waals surface area (Å²) >= 11 is 0. The zero-order valence-corrected chi connectivity index (χ0v) is 8.84. The van der Waals surface area contributed by atoms with Crippen molar-refractivity contribution >= 4 is 5.78 Å². The van der Waals surface area contributed by atoms with E-state index in [1.54, 1.807) is 0 Å². The van der Waals surface area contributed by atoms with E-state index in [1.807, 2.05) is 13.8 Å². The molecule has 0 atom stereocenters. The summed E-state index contributed by atoms with van der Waals surface area (Å²) in [6.07, 6.45) is 4.67. The second-order valence-corrected chi connectivity index (χ2v) is 4.89. The predicted molar refractivity (Wildman–Crippen MR) is 52.6 cm³/mol. The Kier molecular flexibility index (Phi) is 1.99. The summed E-state index contributed by atoms with van der Waals surface area (Å²) in [7, 11) is 2.13. The fourth-order valence-corrected chi connectivity index (χ4v) is 3.13. The predicted octanol–water partition coefficient (Wildman–Crippen LogP) is 1.84. The van der Waals surface area contributed by atoms with E-state index in [1.165, 1.54) is 12.8 Å². The van der Waals surface area contributed by atoms with Gasteiger partial charge in [-0.05, 0) is 32.7 Å². The van der Waals surface area contributed by atoms with Gasteiger partial charge in [0, 0.05) is 12.0 Å². The van der Waals surface area contributed by atoms with Gasteiger partial charge in [0.15, 0.2) is 5.78 Å². The molecule has 13 heavy (non-hydrogen) atoms. The Labute approximate surface area is 80.3 Å². The number of Topliss-reactive ketones (excluding diaryl/α,β-unsaturated/α-hetero) is 1. The molecule has 0 unspecified atom stereocenters. The van der Waals surface area contributed by atoms with E-state index in [0.717, 1.165) is 12.8 Å². The molecule has 0 aromatic heterocycles. The van der Waals surface area contributed by atoms with E-state index in [9.17, 15) is 4.79 Å². The molecule has 2 saturated heterocycles. The van der Waals surface area contributed by atoms with Crippen molar-refractivity contribution in [3.05, 3.63) is 0 Å². The van der Waals surface area contributed by atoms with Gasteiger partial charge in [-0.1, -0.05) is 13.8 Å². The maximum absolute atomic E-state index is 12.1. The molecule has 0 saturated carbocycles. The molecule has 0 aliphatic carbocycles. The Morgan fingerprint density at radius 1 is 1.38 bits per heavy atom. The van der Waals surface area contributed by atoms with Crippen LogP contribution in [0.15, 0.2) is 0 Å². The van der Waals surface area contributed by atoms with Gasteiger partial charge in [0.2, 0.25) is 0 Å². The molecule has 74 valence electrons. The van der Waals surface area contributed by atoms with Crippen LogP contribution in [0.4, 0.5) is 0 Å². The average Bonchev–Trinajstić information content (AvgIpc) is 2.60. The summed E-state index contributed by atoms with van der Waals surface area (Å²) < 4.78 is 0. The molecule has 0 aromatic carbocycles. The zero-order chi connectivity index (χ0) is 9.64. The van der Waals surface area contributed by atoms with Crippen molar-refractivity contribution in [2.75, 3.05) is 7.05 Å². The van der Waals surface area contributed by atoms with Crippen molar-refractivity contribution in [3.63, 3.8) is 0 Å². The molecule has 2 rings (SSSR count). The summed E-state index contributed by atoms with van der Waals surface area (Å²) in [6.45, 7) is 4.05. The second-order valence-electron chi connectivity index (χ2n) is 4.89. The molecule has 2 heteroatoms. The first-order valence-electron chi connectivity index (χ1n) is 5.35. The molecule has 0 spiro atoms. The van der Waals surface area contributed by atoms with E-state index < -0.39 is 0 Å². The minimum atomic E-state index is -0.0567. The van der Waals surface area contributed by atoms with Crippen LogP contribution in [0.25, 0.3) is 0 Å². The maximum atomic E-state index is 12.1. The number of hydrogen-bond acceptors (Lipinski definition) is 2. The number of fused-ring (bicyclic) bond motifs is 2. The summed E-state index contributed by atoms with van der Waals surface area (Å²) in [6, 6.07) is 0.697. The first-order valence-corrected chi connectivity index (χ1v) is 5.35. The van der Waals surface area contributed by atoms with Gasteiger partial charge in [-0.15, -0.1) is 0 Å². The molecule has 2 aliphatic heterocycles. The van der Waals surface area contributed by atoms with Crippen LogP contribution >= 0.6 is 0 Å². The van der Waals surface area contributed by atoms with Gasteiger partial charge in [0.25, 0.3) is 0 Å². The molecular formula is C11H19NO. The second kappa shape index (κ2) is 2.81. The van der Waals surface area contributed by atoms with Crippen molar-refractivity contribution in [2.45, 2.75) is 51.1 Å². The molecular weight excluding hydrogens is 162 g/mol. The molecule has 0 N–H and O–H groups in total. The van der Waals surface area contributed by atoms with Gasteiger partial charge in [-0.2, -0.15) is 0 Å². The largest absolute Gasteiger partial charge is 0.297 e. The van der Waals surface area contributed by atoms with Crippen molar-refractivity contribution in [1.82, 2.24) is 4.90 Å². The lowest BCUT2D eigenvalue weighted by atomic mass is 9.80. The lowest BCUT2D eigenvalue weighted by Crippen LogP contribution is -2.47. The van der Waals surface area contributed by atoms with E-state index >= 15 is 0 Å². The third-order valence-corrected chi connectivity index (χ3v) is 3.99. The smallest absolute Gasteiger partial charge is 0.155 e. The molecule has 2 bridgehead atoms. The summed E-state index contributed by atoms with van der Waals surface area (Å²) in [5, 5.41) is 0. The fraction of sp³-hybridized carbons (Fsp3) is 0.909. The Morgan fingerprint density at radius 2 is 1.92 bits per heavy atom. The summed E-state index contributed by atoms with van der Waals surface area (Å²) in [5.74, 6) is 0.661. The number of nitrogens with zero attached hydrogens (tertiary/aromatic N) is 1. The van der Waals surface area contributed by atoms with Crippen LogP contribution in [0.5, 0.6) is 0 Å². The van der Waals surface area contributed by atoms with Crippen LogP contribution in [0, 0.1) is 5.92 Å². The van der Waals surface area contributed by atoms with Gasteiger partial charge in [-0.3, -0.25) is 9.69 Å². The number of ketones is 1. The summed E-state index contributed by atoms with van der Waals surface area (Å²) in [4.78, 5) is 14.4. The minimum absolute atomic E-state index is 0.0567. The third kappa shape index (κ3) is 1.08. The Hall–Kier alpha value is -0.370. The zero-order valence-electron chi connectivity index (χ0n) is 8.84. The van der Waals surface area contributed by atoms with Crippen LogP contribution in [0.2, 0.25) is 0 Å². The highest BCUT2D eigenvalue weighted by atomic mass is 16.1. The quantitative estimate of drug-likeness (QED) is 0.648. The van der Waals surface area contributed by atoms with E-state index in [0.29, 0.717) is 11.8 Å². The lowest BCUT2D eigenvalue weighted by Gasteiger charge is -2.32. The van der Waals surface area contributed by atoms with Gasteiger partial charge in [-0.25, -0.2) is 0 Å². The monoisotopic (exact) mass is 181 g/mol. The number of carbonyl (C=O) groups is 1. The minimum Gasteiger partial charge on any atom is -0.297 e. The van der Waals surface area contributed by atoms with Crippen LogP contribution in [-0.4, -0.2) is 29.3 Å². The van der Waals surface area contributed by atoms with E-state index in [-0.39, 0.29) is 11.5 Å². The molecule has 2 nitrogen and oxygen atoms in total. The highest BCUT2D eigenvalue weighted by Crippen LogP contribution is 2.46. The Bertz CT molecular complexity index is 226. The molecule has 0 radical (unpaired) electrons. The highest BCUT2D eigenvalue weighted by molar-refractivity contribution is 5.90. The number of carbonyl (C=O) groups excluding carboxylic acids is 1. The first kappa shape index (κ1) is 9.20.